The summed E-state index contributed by atoms with van der Waals surface area (Å²) >= 11 is 0. The van der Waals surface area contributed by atoms with Crippen LogP contribution in [0.5, 0.6) is 0 Å². The van der Waals surface area contributed by atoms with E-state index in [2.05, 4.69) is 6.07 Å². The number of nitrogens with two attached hydrogens (primary N) is 1. The molecule has 15 heavy (non-hydrogen) atoms. The van der Waals surface area contributed by atoms with Gasteiger partial charge in [0.05, 0.1) is 6.54 Å². The minimum Gasteiger partial charge on any atom is -0.322 e. The molecular weight excluding hydrogens is 212 g/mol. The molecular formula is C11H15ClN2O. The molecule has 0 atom stereocenters. The largest absolute Gasteiger partial charge is 0.322 e. The first-order chi connectivity index (χ1) is 6.83. The SMILES string of the molecule is Cl.NCC(=O)N1CCCc2ccccc21. The predicted octanol–water partition coefficient (Wildman–Crippen LogP) is 1.35. The normalized spacial score (nSPS) is 14.1. The first-order valence-electron chi connectivity index (χ1n) is 4.91. The third-order valence-electron chi connectivity index (χ3n) is 2.59. The number of carbonyl (C=O) groups excluding carboxylic acids is 1. The van der Waals surface area contributed by atoms with Crippen molar-refractivity contribution in [1.29, 1.82) is 0 Å². The Labute approximate surface area is 95.7 Å². The van der Waals surface area contributed by atoms with Crippen molar-refractivity contribution in [3.8, 4) is 0 Å². The molecule has 0 fully saturated rings. The number of para-hydroxylation sites is 1. The van der Waals surface area contributed by atoms with E-state index < -0.39 is 0 Å². The van der Waals surface area contributed by atoms with Crippen LogP contribution >= 0.6 is 12.4 Å². The first-order valence-corrected chi connectivity index (χ1v) is 4.91. The minimum absolute atomic E-state index is 0. The Morgan fingerprint density at radius 2 is 2.13 bits per heavy atom. The number of anilines is 1. The number of rotatable bonds is 1. The average molecular weight is 227 g/mol. The number of nitrogens with zero attached hydrogens (tertiary/aromatic N) is 1. The topological polar surface area (TPSA) is 46.3 Å². The van der Waals surface area contributed by atoms with Crippen molar-refractivity contribution < 1.29 is 4.79 Å². The van der Waals surface area contributed by atoms with Crippen LogP contribution in [0.15, 0.2) is 24.3 Å². The highest BCUT2D eigenvalue weighted by molar-refractivity contribution is 5.95. The fourth-order valence-corrected chi connectivity index (χ4v) is 1.90. The molecule has 0 saturated carbocycles. The zero-order valence-corrected chi connectivity index (χ0v) is 9.30. The molecule has 0 bridgehead atoms. The van der Waals surface area contributed by atoms with Crippen LogP contribution in [0.1, 0.15) is 12.0 Å². The smallest absolute Gasteiger partial charge is 0.240 e. The van der Waals surface area contributed by atoms with E-state index in [4.69, 9.17) is 5.73 Å². The van der Waals surface area contributed by atoms with Gasteiger partial charge in [-0.25, -0.2) is 0 Å². The molecule has 4 heteroatoms. The van der Waals surface area contributed by atoms with Crippen molar-refractivity contribution in [3.05, 3.63) is 29.8 Å². The van der Waals surface area contributed by atoms with Crippen LogP contribution in [0, 0.1) is 0 Å². The van der Waals surface area contributed by atoms with Gasteiger partial charge in [-0.15, -0.1) is 12.4 Å². The van der Waals surface area contributed by atoms with E-state index in [1.807, 2.05) is 18.2 Å². The molecule has 1 aliphatic heterocycles. The molecule has 0 radical (unpaired) electrons. The lowest BCUT2D eigenvalue weighted by atomic mass is 10.0. The molecule has 3 nitrogen and oxygen atoms in total. The minimum atomic E-state index is 0. The standard InChI is InChI=1S/C11H14N2O.ClH/c12-8-11(14)13-7-3-5-9-4-1-2-6-10(9)13;/h1-2,4,6H,3,5,7-8,12H2;1H. The Morgan fingerprint density at radius 1 is 1.40 bits per heavy atom. The van der Waals surface area contributed by atoms with Gasteiger partial charge in [0.25, 0.3) is 0 Å². The Balaban J connectivity index is 0.00000112. The van der Waals surface area contributed by atoms with E-state index in [1.54, 1.807) is 4.90 Å². The van der Waals surface area contributed by atoms with Crippen molar-refractivity contribution >= 4 is 24.0 Å². The van der Waals surface area contributed by atoms with E-state index in [-0.39, 0.29) is 24.9 Å². The molecule has 2 rings (SSSR count). The van der Waals surface area contributed by atoms with Crippen LogP contribution in [0.2, 0.25) is 0 Å². The van der Waals surface area contributed by atoms with Gasteiger partial charge < -0.3 is 10.6 Å². The summed E-state index contributed by atoms with van der Waals surface area (Å²) in [6.07, 6.45) is 2.09. The van der Waals surface area contributed by atoms with Crippen molar-refractivity contribution in [1.82, 2.24) is 0 Å². The van der Waals surface area contributed by atoms with Gasteiger partial charge in [0.2, 0.25) is 5.91 Å². The summed E-state index contributed by atoms with van der Waals surface area (Å²) in [6, 6.07) is 8.03. The predicted molar refractivity (Wildman–Crippen MR) is 63.4 cm³/mol. The molecule has 1 amide bonds. The summed E-state index contributed by atoms with van der Waals surface area (Å²) in [5, 5.41) is 0. The Bertz CT molecular complexity index is 354. The number of benzene rings is 1. The van der Waals surface area contributed by atoms with E-state index in [1.165, 1.54) is 5.56 Å². The number of fused-ring (bicyclic) bond motifs is 1. The average Bonchev–Trinajstić information content (AvgIpc) is 2.27. The summed E-state index contributed by atoms with van der Waals surface area (Å²) in [4.78, 5) is 13.3. The maximum absolute atomic E-state index is 11.5. The summed E-state index contributed by atoms with van der Waals surface area (Å²) in [5.74, 6) is 0.0113. The lowest BCUT2D eigenvalue weighted by Gasteiger charge is -2.29. The van der Waals surface area contributed by atoms with E-state index in [0.717, 1.165) is 25.1 Å². The molecule has 82 valence electrons. The maximum atomic E-state index is 11.5. The van der Waals surface area contributed by atoms with Gasteiger partial charge >= 0.3 is 0 Å². The third-order valence-corrected chi connectivity index (χ3v) is 2.59. The highest BCUT2D eigenvalue weighted by Crippen LogP contribution is 2.26. The van der Waals surface area contributed by atoms with Crippen molar-refractivity contribution in [3.63, 3.8) is 0 Å². The highest BCUT2D eigenvalue weighted by atomic mass is 35.5. The molecule has 1 aromatic carbocycles. The number of carbonyl (C=O) groups is 1. The van der Waals surface area contributed by atoms with Gasteiger partial charge in [-0.3, -0.25) is 4.79 Å². The molecule has 0 unspecified atom stereocenters. The van der Waals surface area contributed by atoms with E-state index in [9.17, 15) is 4.79 Å². The van der Waals surface area contributed by atoms with Crippen LogP contribution in [0.4, 0.5) is 5.69 Å². The molecule has 0 spiro atoms. The van der Waals surface area contributed by atoms with Crippen molar-refractivity contribution in [2.75, 3.05) is 18.0 Å². The van der Waals surface area contributed by atoms with Crippen LogP contribution < -0.4 is 10.6 Å². The number of halogens is 1. The second-order valence-corrected chi connectivity index (χ2v) is 3.48. The second-order valence-electron chi connectivity index (χ2n) is 3.48. The van der Waals surface area contributed by atoms with Gasteiger partial charge in [0.1, 0.15) is 0 Å². The molecule has 1 heterocycles. The zero-order valence-electron chi connectivity index (χ0n) is 8.48. The molecule has 0 saturated heterocycles. The fourth-order valence-electron chi connectivity index (χ4n) is 1.90. The van der Waals surface area contributed by atoms with Crippen LogP contribution in [-0.2, 0) is 11.2 Å². The van der Waals surface area contributed by atoms with E-state index in [0.29, 0.717) is 0 Å². The maximum Gasteiger partial charge on any atom is 0.240 e. The number of amides is 1. The van der Waals surface area contributed by atoms with Gasteiger partial charge in [0.15, 0.2) is 0 Å². The van der Waals surface area contributed by atoms with Crippen LogP contribution in [0.25, 0.3) is 0 Å². The van der Waals surface area contributed by atoms with Gasteiger partial charge in [0, 0.05) is 12.2 Å². The molecule has 1 aliphatic rings. The summed E-state index contributed by atoms with van der Waals surface area (Å²) in [7, 11) is 0. The molecule has 2 N–H and O–H groups in total. The lowest BCUT2D eigenvalue weighted by Crippen LogP contribution is -2.39. The molecule has 1 aromatic rings. The number of aryl methyl sites for hydroxylation is 1. The zero-order chi connectivity index (χ0) is 9.97. The van der Waals surface area contributed by atoms with Crippen molar-refractivity contribution in [2.45, 2.75) is 12.8 Å². The quantitative estimate of drug-likeness (QED) is 0.786. The second kappa shape index (κ2) is 5.14. The van der Waals surface area contributed by atoms with Gasteiger partial charge in [-0.2, -0.15) is 0 Å². The first kappa shape index (κ1) is 12.0. The number of hydrogen-bond donors (Lipinski definition) is 1. The summed E-state index contributed by atoms with van der Waals surface area (Å²) < 4.78 is 0. The lowest BCUT2D eigenvalue weighted by molar-refractivity contribution is -0.117. The summed E-state index contributed by atoms with van der Waals surface area (Å²) in [6.45, 7) is 0.890. The van der Waals surface area contributed by atoms with Crippen molar-refractivity contribution in [2.24, 2.45) is 5.73 Å². The Morgan fingerprint density at radius 3 is 2.87 bits per heavy atom. The fraction of sp³-hybridized carbons (Fsp3) is 0.364. The number of hydrogen-bond acceptors (Lipinski definition) is 2. The van der Waals surface area contributed by atoms with Crippen LogP contribution in [0.3, 0.4) is 0 Å². The summed E-state index contributed by atoms with van der Waals surface area (Å²) in [5.41, 5.74) is 7.66. The monoisotopic (exact) mass is 226 g/mol. The molecule has 0 aromatic heterocycles. The Kier molecular flexibility index (Phi) is 4.12. The van der Waals surface area contributed by atoms with E-state index >= 15 is 0 Å². The third kappa shape index (κ3) is 2.30. The van der Waals surface area contributed by atoms with Gasteiger partial charge in [-0.05, 0) is 24.5 Å². The van der Waals surface area contributed by atoms with Gasteiger partial charge in [-0.1, -0.05) is 18.2 Å². The Hall–Kier alpha value is -1.06. The highest BCUT2D eigenvalue weighted by Gasteiger charge is 2.20. The van der Waals surface area contributed by atoms with Crippen LogP contribution in [-0.4, -0.2) is 19.0 Å². The molecule has 0 aliphatic carbocycles.